The Bertz CT molecular complexity index is 1030. The molecule has 0 bridgehead atoms. The lowest BCUT2D eigenvalue weighted by Gasteiger charge is -2.28. The summed E-state index contributed by atoms with van der Waals surface area (Å²) in [5.74, 6) is -3.50. The van der Waals surface area contributed by atoms with Crippen molar-refractivity contribution in [2.24, 2.45) is 11.7 Å². The van der Waals surface area contributed by atoms with Crippen molar-refractivity contribution in [3.05, 3.63) is 71.8 Å². The molecule has 3 amide bonds. The van der Waals surface area contributed by atoms with E-state index >= 15 is 0 Å². The van der Waals surface area contributed by atoms with Crippen LogP contribution in [-0.2, 0) is 32.0 Å². The van der Waals surface area contributed by atoms with Gasteiger partial charge in [-0.15, -0.1) is 0 Å². The second kappa shape index (κ2) is 14.7. The van der Waals surface area contributed by atoms with E-state index in [9.17, 15) is 29.4 Å². The quantitative estimate of drug-likeness (QED) is 0.212. The largest absolute Gasteiger partial charge is 0.480 e. The molecular weight excluding hydrogens is 476 g/mol. The van der Waals surface area contributed by atoms with E-state index in [0.717, 1.165) is 11.1 Å². The molecule has 200 valence electrons. The molecule has 5 atom stereocenters. The first-order chi connectivity index (χ1) is 17.7. The number of rotatable bonds is 14. The molecular formula is C27H36N4O6. The first kappa shape index (κ1) is 29.5. The lowest BCUT2D eigenvalue weighted by molar-refractivity contribution is -0.142. The number of amides is 3. The van der Waals surface area contributed by atoms with Gasteiger partial charge in [-0.2, -0.15) is 0 Å². The molecule has 0 fully saturated rings. The fraction of sp³-hybridized carbons (Fsp3) is 0.407. The van der Waals surface area contributed by atoms with Crippen LogP contribution >= 0.6 is 0 Å². The highest BCUT2D eigenvalue weighted by Gasteiger charge is 2.33. The molecule has 7 N–H and O–H groups in total. The average Bonchev–Trinajstić information content (AvgIpc) is 2.90. The van der Waals surface area contributed by atoms with Crippen LogP contribution in [0, 0.1) is 5.92 Å². The number of carboxylic acids is 1. The predicted octanol–water partition coefficient (Wildman–Crippen LogP) is 0.377. The number of carboxylic acid groups (broad SMARTS) is 1. The van der Waals surface area contributed by atoms with Gasteiger partial charge < -0.3 is 31.9 Å². The predicted molar refractivity (Wildman–Crippen MR) is 138 cm³/mol. The van der Waals surface area contributed by atoms with Gasteiger partial charge in [0.1, 0.15) is 24.2 Å². The number of aliphatic hydroxyl groups is 1. The van der Waals surface area contributed by atoms with Gasteiger partial charge in [-0.25, -0.2) is 4.79 Å². The van der Waals surface area contributed by atoms with Crippen LogP contribution in [0.4, 0.5) is 0 Å². The molecule has 0 aliphatic rings. The monoisotopic (exact) mass is 512 g/mol. The Hall–Kier alpha value is -3.76. The zero-order valence-corrected chi connectivity index (χ0v) is 21.1. The van der Waals surface area contributed by atoms with Crippen LogP contribution in [-0.4, -0.2) is 64.7 Å². The number of carbonyl (C=O) groups is 4. The van der Waals surface area contributed by atoms with Crippen LogP contribution in [0.5, 0.6) is 0 Å². The van der Waals surface area contributed by atoms with E-state index in [-0.39, 0.29) is 18.8 Å². The lowest BCUT2D eigenvalue weighted by Crippen LogP contribution is -2.59. The van der Waals surface area contributed by atoms with Gasteiger partial charge in [0.25, 0.3) is 0 Å². The van der Waals surface area contributed by atoms with E-state index in [1.807, 2.05) is 19.1 Å². The maximum Gasteiger partial charge on any atom is 0.326 e. The number of nitrogens with two attached hydrogens (primary N) is 1. The SMILES string of the molecule is CCC(C)C(NC(=O)C(Cc1ccccc1)NC(=O)C(N)CO)C(=O)NC(Cc1ccccc1)C(=O)O. The number of hydrogen-bond donors (Lipinski definition) is 6. The van der Waals surface area contributed by atoms with Crippen molar-refractivity contribution >= 4 is 23.7 Å². The molecule has 2 aromatic rings. The minimum absolute atomic E-state index is 0.0782. The van der Waals surface area contributed by atoms with Gasteiger partial charge in [0.05, 0.1) is 6.61 Å². The second-order valence-electron chi connectivity index (χ2n) is 9.00. The van der Waals surface area contributed by atoms with Gasteiger partial charge >= 0.3 is 5.97 Å². The molecule has 10 nitrogen and oxygen atoms in total. The van der Waals surface area contributed by atoms with Crippen molar-refractivity contribution in [2.75, 3.05) is 6.61 Å². The summed E-state index contributed by atoms with van der Waals surface area (Å²) in [5, 5.41) is 26.7. The molecule has 0 heterocycles. The minimum Gasteiger partial charge on any atom is -0.480 e. The van der Waals surface area contributed by atoms with E-state index in [0.29, 0.717) is 6.42 Å². The number of aliphatic carboxylic acids is 1. The molecule has 37 heavy (non-hydrogen) atoms. The van der Waals surface area contributed by atoms with Crippen molar-refractivity contribution in [3.63, 3.8) is 0 Å². The molecule has 2 rings (SSSR count). The standard InChI is InChI=1S/C27H36N4O6/c1-3-17(2)23(26(35)30-22(27(36)37)15-19-12-8-5-9-13-19)31-25(34)21(29-24(33)20(28)16-32)14-18-10-6-4-7-11-18/h4-13,17,20-23,32H,3,14-16,28H2,1-2H3,(H,29,33)(H,30,35)(H,31,34)(H,36,37). The summed E-state index contributed by atoms with van der Waals surface area (Å²) < 4.78 is 0. The normalized spacial score (nSPS) is 14.9. The van der Waals surface area contributed by atoms with Crippen LogP contribution in [0.15, 0.2) is 60.7 Å². The Labute approximate surface area is 216 Å². The fourth-order valence-electron chi connectivity index (χ4n) is 3.69. The smallest absolute Gasteiger partial charge is 0.326 e. The Kier molecular flexibility index (Phi) is 11.7. The second-order valence-corrected chi connectivity index (χ2v) is 9.00. The van der Waals surface area contributed by atoms with E-state index < -0.39 is 54.5 Å². The molecule has 0 spiro atoms. The molecule has 0 saturated carbocycles. The van der Waals surface area contributed by atoms with Crippen molar-refractivity contribution in [1.82, 2.24) is 16.0 Å². The first-order valence-electron chi connectivity index (χ1n) is 12.2. The van der Waals surface area contributed by atoms with Crippen molar-refractivity contribution in [3.8, 4) is 0 Å². The van der Waals surface area contributed by atoms with Gasteiger partial charge in [-0.3, -0.25) is 14.4 Å². The number of carbonyl (C=O) groups excluding carboxylic acids is 3. The topological polar surface area (TPSA) is 171 Å². The zero-order valence-electron chi connectivity index (χ0n) is 21.1. The van der Waals surface area contributed by atoms with Crippen LogP contribution < -0.4 is 21.7 Å². The summed E-state index contributed by atoms with van der Waals surface area (Å²) in [7, 11) is 0. The van der Waals surface area contributed by atoms with Crippen LogP contribution in [0.2, 0.25) is 0 Å². The Morgan fingerprint density at radius 1 is 0.784 bits per heavy atom. The number of nitrogens with one attached hydrogen (secondary N) is 3. The third-order valence-corrected chi connectivity index (χ3v) is 6.14. The van der Waals surface area contributed by atoms with Gasteiger partial charge in [-0.05, 0) is 17.0 Å². The van der Waals surface area contributed by atoms with Gasteiger partial charge in [-0.1, -0.05) is 80.9 Å². The Morgan fingerprint density at radius 3 is 1.73 bits per heavy atom. The third-order valence-electron chi connectivity index (χ3n) is 6.14. The van der Waals surface area contributed by atoms with Crippen LogP contribution in [0.3, 0.4) is 0 Å². The van der Waals surface area contributed by atoms with Crippen molar-refractivity contribution < 1.29 is 29.4 Å². The average molecular weight is 513 g/mol. The maximum atomic E-state index is 13.3. The molecule has 0 aliphatic heterocycles. The highest BCUT2D eigenvalue weighted by atomic mass is 16.4. The lowest BCUT2D eigenvalue weighted by atomic mass is 9.96. The summed E-state index contributed by atoms with van der Waals surface area (Å²) >= 11 is 0. The van der Waals surface area contributed by atoms with E-state index in [1.54, 1.807) is 55.5 Å². The van der Waals surface area contributed by atoms with Gasteiger partial charge in [0.2, 0.25) is 17.7 Å². The van der Waals surface area contributed by atoms with Crippen LogP contribution in [0.1, 0.15) is 31.4 Å². The molecule has 0 aromatic heterocycles. The molecule has 5 unspecified atom stereocenters. The van der Waals surface area contributed by atoms with E-state index in [1.165, 1.54) is 0 Å². The van der Waals surface area contributed by atoms with E-state index in [2.05, 4.69) is 16.0 Å². The summed E-state index contributed by atoms with van der Waals surface area (Å²) in [5.41, 5.74) is 7.11. The summed E-state index contributed by atoms with van der Waals surface area (Å²) in [6.45, 7) is 3.02. The fourth-order valence-corrected chi connectivity index (χ4v) is 3.69. The van der Waals surface area contributed by atoms with Gasteiger partial charge in [0, 0.05) is 12.8 Å². The summed E-state index contributed by atoms with van der Waals surface area (Å²) in [6, 6.07) is 13.4. The van der Waals surface area contributed by atoms with Crippen LogP contribution in [0.25, 0.3) is 0 Å². The molecule has 2 aromatic carbocycles. The molecule has 0 saturated heterocycles. The summed E-state index contributed by atoms with van der Waals surface area (Å²) in [6.07, 6.45) is 0.728. The highest BCUT2D eigenvalue weighted by molar-refractivity contribution is 5.94. The number of hydrogen-bond acceptors (Lipinski definition) is 6. The molecule has 0 radical (unpaired) electrons. The first-order valence-corrected chi connectivity index (χ1v) is 12.2. The maximum absolute atomic E-state index is 13.3. The summed E-state index contributed by atoms with van der Waals surface area (Å²) in [4.78, 5) is 50.8. The van der Waals surface area contributed by atoms with Crippen molar-refractivity contribution in [1.29, 1.82) is 0 Å². The third kappa shape index (κ3) is 9.32. The Balaban J connectivity index is 2.22. The minimum atomic E-state index is -1.21. The molecule has 10 heteroatoms. The zero-order chi connectivity index (χ0) is 27.4. The van der Waals surface area contributed by atoms with E-state index in [4.69, 9.17) is 5.73 Å². The Morgan fingerprint density at radius 2 is 1.27 bits per heavy atom. The van der Waals surface area contributed by atoms with Gasteiger partial charge in [0.15, 0.2) is 0 Å². The highest BCUT2D eigenvalue weighted by Crippen LogP contribution is 2.12. The van der Waals surface area contributed by atoms with Crippen molar-refractivity contribution in [2.45, 2.75) is 57.3 Å². The number of aliphatic hydroxyl groups excluding tert-OH is 1. The molecule has 0 aliphatic carbocycles. The number of benzene rings is 2.